The van der Waals surface area contributed by atoms with Crippen LogP contribution in [-0.2, 0) is 10.0 Å². The molecule has 0 saturated carbocycles. The highest BCUT2D eigenvalue weighted by Crippen LogP contribution is 2.26. The minimum absolute atomic E-state index is 0.0329. The van der Waals surface area contributed by atoms with E-state index in [1.54, 1.807) is 0 Å². The normalized spacial score (nSPS) is 13.2. The van der Waals surface area contributed by atoms with Crippen LogP contribution in [0.15, 0.2) is 23.1 Å². The summed E-state index contributed by atoms with van der Waals surface area (Å²) in [4.78, 5) is 9.80. The van der Waals surface area contributed by atoms with Crippen LogP contribution in [0, 0.1) is 10.1 Å². The molecule has 8 heteroatoms. The van der Waals surface area contributed by atoms with E-state index in [9.17, 15) is 18.5 Å². The van der Waals surface area contributed by atoms with Gasteiger partial charge in [0.2, 0.25) is 10.0 Å². The average molecular weight is 321 g/mol. The highest BCUT2D eigenvalue weighted by molar-refractivity contribution is 7.89. The van der Waals surface area contributed by atoms with Crippen molar-refractivity contribution in [2.45, 2.75) is 44.0 Å². The fraction of sp³-hybridized carbons (Fsp3) is 0.500. The van der Waals surface area contributed by atoms with E-state index in [4.69, 9.17) is 11.6 Å². The number of benzene rings is 1. The first-order valence-electron chi connectivity index (χ1n) is 6.28. The molecule has 1 unspecified atom stereocenters. The Morgan fingerprint density at radius 3 is 2.55 bits per heavy atom. The number of non-ortho nitro benzene ring substituents is 1. The predicted octanol–water partition coefficient (Wildman–Crippen LogP) is 3.11. The molecule has 0 saturated heterocycles. The summed E-state index contributed by atoms with van der Waals surface area (Å²) in [6.45, 7) is 3.83. The third kappa shape index (κ3) is 4.16. The smallest absolute Gasteiger partial charge is 0.258 e. The van der Waals surface area contributed by atoms with Crippen molar-refractivity contribution in [3.63, 3.8) is 0 Å². The molecule has 0 fully saturated rings. The highest BCUT2D eigenvalue weighted by atomic mass is 35.5. The molecule has 0 spiro atoms. The number of halogens is 1. The van der Waals surface area contributed by atoms with Gasteiger partial charge in [-0.05, 0) is 18.9 Å². The summed E-state index contributed by atoms with van der Waals surface area (Å²) in [5, 5.41) is 10.7. The van der Waals surface area contributed by atoms with Gasteiger partial charge in [-0.2, -0.15) is 0 Å². The van der Waals surface area contributed by atoms with Gasteiger partial charge in [0.15, 0.2) is 0 Å². The van der Waals surface area contributed by atoms with Crippen LogP contribution in [0.3, 0.4) is 0 Å². The minimum atomic E-state index is -3.87. The molecule has 0 aliphatic heterocycles. The first-order valence-corrected chi connectivity index (χ1v) is 8.14. The second-order valence-corrected chi connectivity index (χ2v) is 6.48. The van der Waals surface area contributed by atoms with Gasteiger partial charge < -0.3 is 0 Å². The van der Waals surface area contributed by atoms with Gasteiger partial charge in [0.25, 0.3) is 5.69 Å². The van der Waals surface area contributed by atoms with Crippen molar-refractivity contribution < 1.29 is 13.3 Å². The maximum absolute atomic E-state index is 12.3. The summed E-state index contributed by atoms with van der Waals surface area (Å²) in [7, 11) is -3.87. The molecule has 20 heavy (non-hydrogen) atoms. The van der Waals surface area contributed by atoms with Gasteiger partial charge in [-0.15, -0.1) is 0 Å². The third-order valence-corrected chi connectivity index (χ3v) is 4.87. The molecule has 0 aliphatic carbocycles. The van der Waals surface area contributed by atoms with E-state index < -0.39 is 14.9 Å². The lowest BCUT2D eigenvalue weighted by Gasteiger charge is -2.16. The van der Waals surface area contributed by atoms with Gasteiger partial charge in [-0.1, -0.05) is 31.9 Å². The molecule has 0 bridgehead atoms. The van der Waals surface area contributed by atoms with Crippen LogP contribution in [0.2, 0.25) is 5.02 Å². The summed E-state index contributed by atoms with van der Waals surface area (Å²) in [5.41, 5.74) is -0.307. The number of nitro groups is 1. The number of nitro benzene ring substituents is 1. The Kier molecular flexibility index (Phi) is 5.91. The Balaban J connectivity index is 3.14. The van der Waals surface area contributed by atoms with E-state index in [2.05, 4.69) is 4.72 Å². The molecule has 112 valence electrons. The van der Waals surface area contributed by atoms with Crippen LogP contribution in [-0.4, -0.2) is 19.4 Å². The lowest BCUT2D eigenvalue weighted by Crippen LogP contribution is -2.34. The fourth-order valence-electron chi connectivity index (χ4n) is 1.79. The van der Waals surface area contributed by atoms with Gasteiger partial charge in [0.05, 0.1) is 9.95 Å². The summed E-state index contributed by atoms with van der Waals surface area (Å²) in [5.74, 6) is 0. The van der Waals surface area contributed by atoms with Crippen LogP contribution in [0.1, 0.15) is 33.1 Å². The number of hydrogen-bond donors (Lipinski definition) is 1. The molecule has 1 aromatic rings. The van der Waals surface area contributed by atoms with E-state index in [1.807, 2.05) is 13.8 Å². The van der Waals surface area contributed by atoms with E-state index in [0.29, 0.717) is 12.8 Å². The Bertz CT molecular complexity index is 589. The standard InChI is InChI=1S/C12H17ClN2O4S/c1-3-5-9(4-2)14-20(18,19)12-8-10(15(16)17)6-7-11(12)13/h6-9,14H,3-5H2,1-2H3. The highest BCUT2D eigenvalue weighted by Gasteiger charge is 2.23. The van der Waals surface area contributed by atoms with Gasteiger partial charge in [0.1, 0.15) is 4.90 Å². The van der Waals surface area contributed by atoms with Gasteiger partial charge in [-0.3, -0.25) is 10.1 Å². The molecule has 0 amide bonds. The van der Waals surface area contributed by atoms with Crippen LogP contribution in [0.5, 0.6) is 0 Å². The van der Waals surface area contributed by atoms with Crippen molar-refractivity contribution in [3.05, 3.63) is 33.3 Å². The zero-order valence-electron chi connectivity index (χ0n) is 11.3. The first-order chi connectivity index (χ1) is 9.31. The molecule has 0 aromatic heterocycles. The third-order valence-electron chi connectivity index (χ3n) is 2.87. The van der Waals surface area contributed by atoms with E-state index in [0.717, 1.165) is 12.5 Å². The Morgan fingerprint density at radius 1 is 1.40 bits per heavy atom. The molecule has 1 aromatic carbocycles. The summed E-state index contributed by atoms with van der Waals surface area (Å²) in [6.07, 6.45) is 2.17. The maximum Gasteiger partial charge on any atom is 0.270 e. The monoisotopic (exact) mass is 320 g/mol. The maximum atomic E-state index is 12.3. The van der Waals surface area contributed by atoms with Gasteiger partial charge >= 0.3 is 0 Å². The van der Waals surface area contributed by atoms with Crippen molar-refractivity contribution in [3.8, 4) is 0 Å². The summed E-state index contributed by atoms with van der Waals surface area (Å²) >= 11 is 5.85. The van der Waals surface area contributed by atoms with Crippen molar-refractivity contribution in [2.75, 3.05) is 0 Å². The topological polar surface area (TPSA) is 89.3 Å². The van der Waals surface area contributed by atoms with Gasteiger partial charge in [0, 0.05) is 18.2 Å². The number of nitrogens with one attached hydrogen (secondary N) is 1. The second kappa shape index (κ2) is 7.01. The molecule has 1 atom stereocenters. The molecule has 0 heterocycles. The SMILES string of the molecule is CCCC(CC)NS(=O)(=O)c1cc([N+](=O)[O-])ccc1Cl. The Morgan fingerprint density at radius 2 is 2.05 bits per heavy atom. The van der Waals surface area contributed by atoms with E-state index >= 15 is 0 Å². The van der Waals surface area contributed by atoms with E-state index in [-0.39, 0.29) is 21.6 Å². The fourth-order valence-corrected chi connectivity index (χ4v) is 3.66. The lowest BCUT2D eigenvalue weighted by molar-refractivity contribution is -0.385. The number of sulfonamides is 1. The zero-order chi connectivity index (χ0) is 15.3. The number of hydrogen-bond acceptors (Lipinski definition) is 4. The molecule has 6 nitrogen and oxygen atoms in total. The molecule has 1 rings (SSSR count). The van der Waals surface area contributed by atoms with E-state index in [1.165, 1.54) is 12.1 Å². The van der Waals surface area contributed by atoms with Crippen molar-refractivity contribution in [2.24, 2.45) is 0 Å². The molecule has 1 N–H and O–H groups in total. The molecular formula is C12H17ClN2O4S. The number of rotatable bonds is 7. The predicted molar refractivity (Wildman–Crippen MR) is 77.4 cm³/mol. The van der Waals surface area contributed by atoms with Crippen LogP contribution in [0.25, 0.3) is 0 Å². The zero-order valence-corrected chi connectivity index (χ0v) is 12.9. The van der Waals surface area contributed by atoms with Crippen molar-refractivity contribution in [1.82, 2.24) is 4.72 Å². The van der Waals surface area contributed by atoms with Crippen LogP contribution in [0.4, 0.5) is 5.69 Å². The summed E-state index contributed by atoms with van der Waals surface area (Å²) in [6, 6.07) is 3.16. The Labute approximate surface area is 123 Å². The largest absolute Gasteiger partial charge is 0.270 e. The van der Waals surface area contributed by atoms with Crippen molar-refractivity contribution in [1.29, 1.82) is 0 Å². The minimum Gasteiger partial charge on any atom is -0.258 e. The number of nitrogens with zero attached hydrogens (tertiary/aromatic N) is 1. The van der Waals surface area contributed by atoms with Gasteiger partial charge in [-0.25, -0.2) is 13.1 Å². The second-order valence-electron chi connectivity index (χ2n) is 4.39. The Hall–Kier alpha value is -1.18. The van der Waals surface area contributed by atoms with Crippen molar-refractivity contribution >= 4 is 27.3 Å². The summed E-state index contributed by atoms with van der Waals surface area (Å²) < 4.78 is 27.0. The first kappa shape index (κ1) is 16.9. The van der Waals surface area contributed by atoms with Crippen LogP contribution >= 0.6 is 11.6 Å². The lowest BCUT2D eigenvalue weighted by atomic mass is 10.1. The molecular weight excluding hydrogens is 304 g/mol. The van der Waals surface area contributed by atoms with Crippen LogP contribution < -0.4 is 4.72 Å². The molecule has 0 radical (unpaired) electrons. The average Bonchev–Trinajstić information content (AvgIpc) is 2.37. The molecule has 0 aliphatic rings. The quantitative estimate of drug-likeness (QED) is 0.617.